The van der Waals surface area contributed by atoms with Gasteiger partial charge in [0, 0.05) is 9.50 Å². The Morgan fingerprint density at radius 2 is 1.71 bits per heavy atom. The fourth-order valence-electron chi connectivity index (χ4n) is 1.52. The second-order valence-corrected chi connectivity index (χ2v) is 5.34. The van der Waals surface area contributed by atoms with Crippen LogP contribution in [0.1, 0.15) is 16.5 Å². The smallest absolute Gasteiger partial charge is 0.123 e. The molecule has 0 aliphatic rings. The fraction of sp³-hybridized carbons (Fsp3) is 0.0769. The van der Waals surface area contributed by atoms with Crippen molar-refractivity contribution in [2.45, 2.75) is 5.38 Å². The lowest BCUT2D eigenvalue weighted by atomic mass is 10.0. The summed E-state index contributed by atoms with van der Waals surface area (Å²) in [6.45, 7) is 0. The molecular weight excluding hydrogens is 326 g/mol. The molecule has 2 aromatic rings. The lowest BCUT2D eigenvalue weighted by Crippen LogP contribution is -1.94. The highest BCUT2D eigenvalue weighted by Crippen LogP contribution is 2.35. The molecule has 0 nitrogen and oxygen atoms in total. The Balaban J connectivity index is 2.39. The number of benzene rings is 2. The van der Waals surface area contributed by atoms with Crippen LogP contribution in [-0.4, -0.2) is 0 Å². The van der Waals surface area contributed by atoms with Gasteiger partial charge in [0.2, 0.25) is 0 Å². The molecule has 0 aliphatic carbocycles. The molecule has 0 saturated heterocycles. The van der Waals surface area contributed by atoms with Crippen LogP contribution in [-0.2, 0) is 0 Å². The second-order valence-electron chi connectivity index (χ2n) is 3.58. The number of hydrogen-bond donors (Lipinski definition) is 0. The summed E-state index contributed by atoms with van der Waals surface area (Å²) in [5.41, 5.74) is 1.61. The molecule has 0 bridgehead atoms. The van der Waals surface area contributed by atoms with Crippen LogP contribution in [0.2, 0.25) is 5.02 Å². The van der Waals surface area contributed by atoms with Gasteiger partial charge in [0.15, 0.2) is 0 Å². The maximum atomic E-state index is 12.8. The molecule has 4 heteroatoms. The van der Waals surface area contributed by atoms with Crippen molar-refractivity contribution in [2.24, 2.45) is 0 Å². The standard InChI is InChI=1S/C13H8BrCl2F/c14-9-3-6-12(15)11(7-9)13(16)8-1-4-10(17)5-2-8/h1-7,13H. The topological polar surface area (TPSA) is 0 Å². The fourth-order valence-corrected chi connectivity index (χ4v) is 2.51. The lowest BCUT2D eigenvalue weighted by molar-refractivity contribution is 0.627. The van der Waals surface area contributed by atoms with Crippen LogP contribution < -0.4 is 0 Å². The van der Waals surface area contributed by atoms with Crippen molar-refractivity contribution in [1.29, 1.82) is 0 Å². The van der Waals surface area contributed by atoms with Gasteiger partial charge >= 0.3 is 0 Å². The summed E-state index contributed by atoms with van der Waals surface area (Å²) >= 11 is 15.8. The van der Waals surface area contributed by atoms with Crippen molar-refractivity contribution >= 4 is 39.1 Å². The van der Waals surface area contributed by atoms with Gasteiger partial charge in [-0.2, -0.15) is 0 Å². The van der Waals surface area contributed by atoms with E-state index in [1.807, 2.05) is 12.1 Å². The van der Waals surface area contributed by atoms with Crippen LogP contribution in [0.25, 0.3) is 0 Å². The number of hydrogen-bond acceptors (Lipinski definition) is 0. The first-order chi connectivity index (χ1) is 8.08. The Labute approximate surface area is 117 Å². The molecule has 0 amide bonds. The third kappa shape index (κ3) is 3.01. The molecule has 0 aliphatic heterocycles. The summed E-state index contributed by atoms with van der Waals surface area (Å²) < 4.78 is 13.7. The van der Waals surface area contributed by atoms with E-state index in [4.69, 9.17) is 23.2 Å². The van der Waals surface area contributed by atoms with E-state index in [1.54, 1.807) is 18.2 Å². The highest BCUT2D eigenvalue weighted by Gasteiger charge is 2.14. The summed E-state index contributed by atoms with van der Waals surface area (Å²) in [6.07, 6.45) is 0. The first kappa shape index (κ1) is 12.9. The average molecular weight is 334 g/mol. The number of alkyl halides is 1. The van der Waals surface area contributed by atoms with Gasteiger partial charge in [-0.05, 0) is 41.5 Å². The van der Waals surface area contributed by atoms with Crippen molar-refractivity contribution in [3.8, 4) is 0 Å². The summed E-state index contributed by atoms with van der Waals surface area (Å²) in [5, 5.41) is 0.207. The molecular formula is C13H8BrCl2F. The maximum absolute atomic E-state index is 12.8. The van der Waals surface area contributed by atoms with Crippen LogP contribution in [0, 0.1) is 5.82 Å². The van der Waals surface area contributed by atoms with E-state index in [2.05, 4.69) is 15.9 Å². The van der Waals surface area contributed by atoms with E-state index < -0.39 is 0 Å². The molecule has 2 rings (SSSR count). The number of halogens is 4. The molecule has 0 heterocycles. The van der Waals surface area contributed by atoms with Crippen molar-refractivity contribution in [3.05, 3.63) is 68.9 Å². The predicted molar refractivity (Wildman–Crippen MR) is 73.2 cm³/mol. The van der Waals surface area contributed by atoms with Crippen LogP contribution >= 0.6 is 39.1 Å². The van der Waals surface area contributed by atoms with E-state index in [0.717, 1.165) is 15.6 Å². The lowest BCUT2D eigenvalue weighted by Gasteiger charge is -2.12. The zero-order valence-electron chi connectivity index (χ0n) is 8.63. The minimum absolute atomic E-state index is 0.280. The average Bonchev–Trinajstić information content (AvgIpc) is 2.32. The van der Waals surface area contributed by atoms with Gasteiger partial charge in [-0.1, -0.05) is 39.7 Å². The van der Waals surface area contributed by atoms with Crippen molar-refractivity contribution in [2.75, 3.05) is 0 Å². The zero-order valence-corrected chi connectivity index (χ0v) is 11.7. The minimum Gasteiger partial charge on any atom is -0.207 e. The predicted octanol–water partition coefficient (Wildman–Crippen LogP) is 5.57. The van der Waals surface area contributed by atoms with Crippen LogP contribution in [0.5, 0.6) is 0 Å². The SMILES string of the molecule is Fc1ccc(C(Cl)c2cc(Br)ccc2Cl)cc1. The zero-order chi connectivity index (χ0) is 12.4. The molecule has 1 unspecified atom stereocenters. The summed E-state index contributed by atoms with van der Waals surface area (Å²) in [6, 6.07) is 11.6. The van der Waals surface area contributed by atoms with Crippen molar-refractivity contribution < 1.29 is 4.39 Å². The highest BCUT2D eigenvalue weighted by molar-refractivity contribution is 9.10. The van der Waals surface area contributed by atoms with Gasteiger partial charge in [0.25, 0.3) is 0 Å². The first-order valence-corrected chi connectivity index (χ1v) is 6.53. The van der Waals surface area contributed by atoms with Gasteiger partial charge in [-0.15, -0.1) is 11.6 Å². The van der Waals surface area contributed by atoms with Gasteiger partial charge in [0.1, 0.15) is 5.82 Å². The van der Waals surface area contributed by atoms with Crippen LogP contribution in [0.3, 0.4) is 0 Å². The highest BCUT2D eigenvalue weighted by atomic mass is 79.9. The van der Waals surface area contributed by atoms with Crippen molar-refractivity contribution in [3.63, 3.8) is 0 Å². The molecule has 0 spiro atoms. The maximum Gasteiger partial charge on any atom is 0.123 e. The van der Waals surface area contributed by atoms with E-state index in [1.165, 1.54) is 12.1 Å². The molecule has 88 valence electrons. The molecule has 0 radical (unpaired) electrons. The molecule has 17 heavy (non-hydrogen) atoms. The monoisotopic (exact) mass is 332 g/mol. The minimum atomic E-state index is -0.388. The molecule has 2 aromatic carbocycles. The van der Waals surface area contributed by atoms with Gasteiger partial charge in [-0.3, -0.25) is 0 Å². The molecule has 0 aromatic heterocycles. The van der Waals surface area contributed by atoms with E-state index in [0.29, 0.717) is 5.02 Å². The second kappa shape index (κ2) is 5.38. The Bertz CT molecular complexity index is 525. The third-order valence-corrected chi connectivity index (χ3v) is 3.72. The molecule has 1 atom stereocenters. The van der Waals surface area contributed by atoms with E-state index in [9.17, 15) is 4.39 Å². The van der Waals surface area contributed by atoms with Gasteiger partial charge < -0.3 is 0 Å². The Morgan fingerprint density at radius 3 is 2.35 bits per heavy atom. The Morgan fingerprint density at radius 1 is 1.06 bits per heavy atom. The largest absolute Gasteiger partial charge is 0.207 e. The Kier molecular flexibility index (Phi) is 4.08. The molecule has 0 fully saturated rings. The summed E-state index contributed by atoms with van der Waals surface area (Å²) in [4.78, 5) is 0. The first-order valence-electron chi connectivity index (χ1n) is 4.92. The third-order valence-electron chi connectivity index (χ3n) is 2.39. The van der Waals surface area contributed by atoms with Crippen LogP contribution in [0.15, 0.2) is 46.9 Å². The van der Waals surface area contributed by atoms with Crippen LogP contribution in [0.4, 0.5) is 4.39 Å². The van der Waals surface area contributed by atoms with E-state index >= 15 is 0 Å². The van der Waals surface area contributed by atoms with Gasteiger partial charge in [-0.25, -0.2) is 4.39 Å². The molecule has 0 saturated carbocycles. The Hall–Kier alpha value is -0.570. The van der Waals surface area contributed by atoms with Gasteiger partial charge in [0.05, 0.1) is 5.38 Å². The van der Waals surface area contributed by atoms with E-state index in [-0.39, 0.29) is 11.2 Å². The molecule has 0 N–H and O–H groups in total. The normalized spacial score (nSPS) is 12.5. The quantitative estimate of drug-likeness (QED) is 0.630. The van der Waals surface area contributed by atoms with Crippen molar-refractivity contribution in [1.82, 2.24) is 0 Å². The summed E-state index contributed by atoms with van der Waals surface area (Å²) in [7, 11) is 0. The number of rotatable bonds is 2. The summed E-state index contributed by atoms with van der Waals surface area (Å²) in [5.74, 6) is -0.280.